The molecule has 0 spiro atoms. The molecule has 2 aromatic heterocycles. The van der Waals surface area contributed by atoms with Gasteiger partial charge in [0, 0.05) is 44.1 Å². The third-order valence-electron chi connectivity index (χ3n) is 12.1. The molecule has 0 amide bonds. The van der Waals surface area contributed by atoms with Crippen molar-refractivity contribution in [3.63, 3.8) is 0 Å². The van der Waals surface area contributed by atoms with E-state index >= 15 is 0 Å². The van der Waals surface area contributed by atoms with Gasteiger partial charge in [-0.2, -0.15) is 0 Å². The van der Waals surface area contributed by atoms with Crippen LogP contribution in [0.25, 0.3) is 93.4 Å². The maximum atomic E-state index is 7.18. The Morgan fingerprint density at radius 2 is 1.10 bits per heavy atom. The van der Waals surface area contributed by atoms with Crippen molar-refractivity contribution in [1.29, 1.82) is 0 Å². The summed E-state index contributed by atoms with van der Waals surface area (Å²) in [6, 6.07) is 65.5. The van der Waals surface area contributed by atoms with Crippen LogP contribution in [0.5, 0.6) is 0 Å². The minimum atomic E-state index is 0.398. The van der Waals surface area contributed by atoms with E-state index in [9.17, 15) is 0 Å². The summed E-state index contributed by atoms with van der Waals surface area (Å²) in [4.78, 5) is 5.62. The summed E-state index contributed by atoms with van der Waals surface area (Å²) in [7, 11) is 0. The number of benzene rings is 9. The SMILES string of the molecule is N/C(=C1/C=Cc2ccccc2/C1=N/Cn1c2cc3ccccc3cc2c2ccc3c(c4cc5ccccc5cc4n3-c3ccccc3)c21)c1ccc2ccccc2c1. The van der Waals surface area contributed by atoms with Crippen LogP contribution in [0.2, 0.25) is 0 Å². The van der Waals surface area contributed by atoms with E-state index in [4.69, 9.17) is 10.7 Å². The number of hydrogen-bond donors (Lipinski definition) is 1. The fourth-order valence-corrected chi connectivity index (χ4v) is 9.36. The highest BCUT2D eigenvalue weighted by Gasteiger charge is 2.23. The van der Waals surface area contributed by atoms with Crippen molar-refractivity contribution in [1.82, 2.24) is 9.13 Å². The zero-order valence-electron chi connectivity index (χ0n) is 31.6. The molecule has 0 radical (unpaired) electrons. The molecule has 12 rings (SSSR count). The van der Waals surface area contributed by atoms with E-state index in [-0.39, 0.29) is 0 Å². The number of nitrogens with zero attached hydrogens (tertiary/aromatic N) is 3. The lowest BCUT2D eigenvalue weighted by Crippen LogP contribution is -2.15. The largest absolute Gasteiger partial charge is 0.398 e. The number of aromatic nitrogens is 2. The Balaban J connectivity index is 1.17. The second-order valence-corrected chi connectivity index (χ2v) is 15.3. The van der Waals surface area contributed by atoms with Gasteiger partial charge in [0.25, 0.3) is 0 Å². The molecule has 0 saturated carbocycles. The first-order valence-corrected chi connectivity index (χ1v) is 19.9. The van der Waals surface area contributed by atoms with Gasteiger partial charge in [0.15, 0.2) is 0 Å². The molecule has 9 aromatic carbocycles. The van der Waals surface area contributed by atoms with Crippen molar-refractivity contribution >= 4 is 93.4 Å². The topological polar surface area (TPSA) is 48.2 Å². The van der Waals surface area contributed by atoms with Crippen LogP contribution in [-0.4, -0.2) is 14.8 Å². The molecule has 0 fully saturated rings. The van der Waals surface area contributed by atoms with Crippen molar-refractivity contribution in [2.75, 3.05) is 0 Å². The van der Waals surface area contributed by atoms with Crippen LogP contribution in [0.3, 0.4) is 0 Å². The lowest BCUT2D eigenvalue weighted by atomic mass is 9.89. The maximum absolute atomic E-state index is 7.18. The first-order valence-electron chi connectivity index (χ1n) is 19.9. The number of aliphatic imine (C=N–C) groups is 1. The number of rotatable bonds is 4. The Morgan fingerprint density at radius 1 is 0.483 bits per heavy atom. The highest BCUT2D eigenvalue weighted by atomic mass is 15.1. The van der Waals surface area contributed by atoms with Gasteiger partial charge < -0.3 is 14.9 Å². The highest BCUT2D eigenvalue weighted by molar-refractivity contribution is 6.28. The van der Waals surface area contributed by atoms with Gasteiger partial charge in [-0.25, -0.2) is 0 Å². The first kappa shape index (κ1) is 32.5. The van der Waals surface area contributed by atoms with Crippen molar-refractivity contribution < 1.29 is 0 Å². The Labute approximate surface area is 334 Å². The summed E-state index contributed by atoms with van der Waals surface area (Å²) < 4.78 is 4.87. The molecule has 2 heterocycles. The molecule has 1 aliphatic carbocycles. The lowest BCUT2D eigenvalue weighted by Gasteiger charge is -2.19. The minimum absolute atomic E-state index is 0.398. The average molecular weight is 741 g/mol. The molecule has 0 aliphatic heterocycles. The monoisotopic (exact) mass is 740 g/mol. The van der Waals surface area contributed by atoms with Gasteiger partial charge in [0.2, 0.25) is 0 Å². The molecule has 0 bridgehead atoms. The fraction of sp³-hybridized carbons (Fsp3) is 0.0185. The Morgan fingerprint density at radius 3 is 1.86 bits per heavy atom. The second kappa shape index (κ2) is 12.7. The van der Waals surface area contributed by atoms with E-state index in [0.29, 0.717) is 12.4 Å². The minimum Gasteiger partial charge on any atom is -0.398 e. The van der Waals surface area contributed by atoms with Gasteiger partial charge in [-0.1, -0.05) is 146 Å². The molecule has 58 heavy (non-hydrogen) atoms. The summed E-state index contributed by atoms with van der Waals surface area (Å²) >= 11 is 0. The van der Waals surface area contributed by atoms with Crippen molar-refractivity contribution in [2.24, 2.45) is 10.7 Å². The van der Waals surface area contributed by atoms with Crippen LogP contribution in [0.15, 0.2) is 199 Å². The van der Waals surface area contributed by atoms with Crippen LogP contribution < -0.4 is 5.73 Å². The van der Waals surface area contributed by atoms with Gasteiger partial charge in [0.1, 0.15) is 6.67 Å². The van der Waals surface area contributed by atoms with Crippen LogP contribution >= 0.6 is 0 Å². The Bertz CT molecular complexity index is 3600. The predicted molar refractivity (Wildman–Crippen MR) is 246 cm³/mol. The van der Waals surface area contributed by atoms with Crippen molar-refractivity contribution in [2.45, 2.75) is 6.67 Å². The van der Waals surface area contributed by atoms with E-state index in [1.807, 2.05) is 0 Å². The van der Waals surface area contributed by atoms with Crippen LogP contribution in [0, 0.1) is 0 Å². The molecular weight excluding hydrogens is 705 g/mol. The maximum Gasteiger partial charge on any atom is 0.115 e. The zero-order valence-corrected chi connectivity index (χ0v) is 31.6. The zero-order chi connectivity index (χ0) is 38.3. The fourth-order valence-electron chi connectivity index (χ4n) is 9.36. The molecule has 4 nitrogen and oxygen atoms in total. The Hall–Kier alpha value is -7.69. The van der Waals surface area contributed by atoms with E-state index in [0.717, 1.165) is 50.1 Å². The van der Waals surface area contributed by atoms with Gasteiger partial charge in [-0.3, -0.25) is 4.99 Å². The number of hydrogen-bond acceptors (Lipinski definition) is 2. The molecule has 0 atom stereocenters. The summed E-state index contributed by atoms with van der Waals surface area (Å²) in [5, 5.41) is 12.1. The molecule has 1 aliphatic rings. The van der Waals surface area contributed by atoms with E-state index in [1.165, 1.54) is 59.5 Å². The molecule has 2 N–H and O–H groups in total. The van der Waals surface area contributed by atoms with E-state index in [1.54, 1.807) is 0 Å². The standard InChI is InChI=1S/C54H36N4/c55-52(41-23-22-34-12-4-5-14-36(34)28-41)45-25-24-35-13-10-11-21-43(35)53(45)56-33-57-49-31-39-17-8-6-15-37(39)29-46(49)44-26-27-48-51(54(44)57)47-30-38-16-7-9-18-40(38)32-50(47)58(48)42-19-2-1-3-20-42/h1-32H,33,55H2/b52-45-,56-53-. The Kier molecular flexibility index (Phi) is 7.11. The summed E-state index contributed by atoms with van der Waals surface area (Å²) in [5.74, 6) is 0. The molecule has 11 aromatic rings. The summed E-state index contributed by atoms with van der Waals surface area (Å²) in [6.45, 7) is 0.398. The second-order valence-electron chi connectivity index (χ2n) is 15.3. The molecule has 0 saturated heterocycles. The van der Waals surface area contributed by atoms with Gasteiger partial charge in [-0.05, 0) is 92.0 Å². The smallest absolute Gasteiger partial charge is 0.115 e. The summed E-state index contributed by atoms with van der Waals surface area (Å²) in [6.07, 6.45) is 4.30. The number of fused-ring (bicyclic) bond motifs is 11. The third kappa shape index (κ3) is 4.92. The molecular formula is C54H36N4. The lowest BCUT2D eigenvalue weighted by molar-refractivity contribution is 0.795. The summed E-state index contributed by atoms with van der Waals surface area (Å²) in [5.41, 5.74) is 18.7. The third-order valence-corrected chi connectivity index (χ3v) is 12.1. The first-order chi connectivity index (χ1) is 28.7. The number of nitrogens with two attached hydrogens (primary N) is 1. The van der Waals surface area contributed by atoms with Gasteiger partial charge in [0.05, 0.1) is 27.8 Å². The average Bonchev–Trinajstić information content (AvgIpc) is 3.77. The van der Waals surface area contributed by atoms with Crippen LogP contribution in [0.4, 0.5) is 0 Å². The van der Waals surface area contributed by atoms with E-state index < -0.39 is 0 Å². The van der Waals surface area contributed by atoms with Gasteiger partial charge in [-0.15, -0.1) is 0 Å². The van der Waals surface area contributed by atoms with Crippen LogP contribution in [-0.2, 0) is 6.67 Å². The molecule has 272 valence electrons. The highest BCUT2D eigenvalue weighted by Crippen LogP contribution is 2.43. The quantitative estimate of drug-likeness (QED) is 0.192. The predicted octanol–water partition coefficient (Wildman–Crippen LogP) is 13.2. The number of para-hydroxylation sites is 1. The van der Waals surface area contributed by atoms with Crippen LogP contribution in [0.1, 0.15) is 16.7 Å². The number of allylic oxidation sites excluding steroid dienone is 2. The van der Waals surface area contributed by atoms with Crippen molar-refractivity contribution in [3.8, 4) is 5.69 Å². The molecule has 0 unspecified atom stereocenters. The van der Waals surface area contributed by atoms with Gasteiger partial charge >= 0.3 is 0 Å². The molecule has 4 heteroatoms. The normalized spacial score (nSPS) is 14.5. The van der Waals surface area contributed by atoms with Crippen molar-refractivity contribution in [3.05, 3.63) is 210 Å². The van der Waals surface area contributed by atoms with E-state index in [2.05, 4.69) is 203 Å².